The summed E-state index contributed by atoms with van der Waals surface area (Å²) in [6.45, 7) is 6.76. The van der Waals surface area contributed by atoms with Crippen LogP contribution in [0, 0.1) is 23.2 Å². The second-order valence-electron chi connectivity index (χ2n) is 8.79. The van der Waals surface area contributed by atoms with Gasteiger partial charge in [-0.3, -0.25) is 25.2 Å². The molecular formula is C21H28N2O4S. The van der Waals surface area contributed by atoms with Gasteiger partial charge in [0.25, 0.3) is 5.91 Å². The number of hydrogen-bond acceptors (Lipinski definition) is 4. The number of hydrogen-bond donors (Lipinski definition) is 3. The molecule has 0 aliphatic heterocycles. The van der Waals surface area contributed by atoms with Crippen molar-refractivity contribution in [1.82, 2.24) is 10.9 Å². The van der Waals surface area contributed by atoms with E-state index in [4.69, 9.17) is 0 Å². The fraction of sp³-hybridized carbons (Fsp3) is 0.571. The summed E-state index contributed by atoms with van der Waals surface area (Å²) in [6.07, 6.45) is 7.18. The highest BCUT2D eigenvalue weighted by molar-refractivity contribution is 7.10. The molecule has 152 valence electrons. The number of amides is 2. The van der Waals surface area contributed by atoms with Gasteiger partial charge in [-0.15, -0.1) is 11.3 Å². The Morgan fingerprint density at radius 3 is 2.43 bits per heavy atom. The topological polar surface area (TPSA) is 95.5 Å². The normalized spacial score (nSPS) is 24.3. The molecule has 0 fully saturated rings. The summed E-state index contributed by atoms with van der Waals surface area (Å²) in [4.78, 5) is 37.6. The van der Waals surface area contributed by atoms with Gasteiger partial charge < -0.3 is 5.11 Å². The molecule has 2 aliphatic carbocycles. The van der Waals surface area contributed by atoms with Gasteiger partial charge in [0.2, 0.25) is 5.91 Å². The van der Waals surface area contributed by atoms with Crippen LogP contribution in [0.15, 0.2) is 17.5 Å². The Kier molecular flexibility index (Phi) is 5.93. The molecular weight excluding hydrogens is 376 g/mol. The largest absolute Gasteiger partial charge is 0.481 e. The lowest BCUT2D eigenvalue weighted by molar-refractivity contribution is -0.147. The van der Waals surface area contributed by atoms with Gasteiger partial charge in [0.1, 0.15) is 0 Å². The molecule has 2 amide bonds. The predicted molar refractivity (Wildman–Crippen MR) is 108 cm³/mol. The summed E-state index contributed by atoms with van der Waals surface area (Å²) in [5.41, 5.74) is 6.86. The monoisotopic (exact) mass is 404 g/mol. The van der Waals surface area contributed by atoms with E-state index in [-0.39, 0.29) is 11.3 Å². The van der Waals surface area contributed by atoms with E-state index in [0.717, 1.165) is 24.8 Å². The first-order valence-electron chi connectivity index (χ1n) is 9.75. The highest BCUT2D eigenvalue weighted by Gasteiger charge is 2.35. The number of aliphatic carboxylic acids is 1. The molecule has 28 heavy (non-hydrogen) atoms. The number of fused-ring (bicyclic) bond motifs is 1. The summed E-state index contributed by atoms with van der Waals surface area (Å²) < 4.78 is 0. The number of nitrogens with one attached hydrogen (secondary N) is 2. The molecule has 1 aromatic heterocycles. The van der Waals surface area contributed by atoms with E-state index < -0.39 is 23.7 Å². The van der Waals surface area contributed by atoms with E-state index in [1.54, 1.807) is 17.4 Å². The van der Waals surface area contributed by atoms with Gasteiger partial charge >= 0.3 is 5.97 Å². The first kappa shape index (κ1) is 20.6. The highest BCUT2D eigenvalue weighted by Crippen LogP contribution is 2.40. The molecule has 3 rings (SSSR count). The number of thiophene rings is 1. The van der Waals surface area contributed by atoms with E-state index in [0.29, 0.717) is 24.3 Å². The van der Waals surface area contributed by atoms with Crippen LogP contribution in [0.3, 0.4) is 0 Å². The predicted octanol–water partition coefficient (Wildman–Crippen LogP) is 3.33. The fourth-order valence-corrected chi connectivity index (χ4v) is 5.26. The van der Waals surface area contributed by atoms with E-state index in [9.17, 15) is 19.5 Å². The molecule has 1 aromatic rings. The van der Waals surface area contributed by atoms with E-state index in [1.807, 2.05) is 11.5 Å². The Hall–Kier alpha value is -2.15. The summed E-state index contributed by atoms with van der Waals surface area (Å²) in [7, 11) is 0. The van der Waals surface area contributed by atoms with Crippen molar-refractivity contribution in [1.29, 1.82) is 0 Å². The summed E-state index contributed by atoms with van der Waals surface area (Å²) in [5, 5.41) is 11.2. The number of allylic oxidation sites excluding steroid dienone is 2. The van der Waals surface area contributed by atoms with E-state index in [1.165, 1.54) is 4.88 Å². The second-order valence-corrected chi connectivity index (χ2v) is 9.76. The van der Waals surface area contributed by atoms with Crippen LogP contribution < -0.4 is 10.9 Å². The van der Waals surface area contributed by atoms with Gasteiger partial charge in [0.05, 0.1) is 17.4 Å². The van der Waals surface area contributed by atoms with Crippen LogP contribution >= 0.6 is 11.3 Å². The molecule has 3 atom stereocenters. The van der Waals surface area contributed by atoms with Crippen LogP contribution in [0.5, 0.6) is 0 Å². The van der Waals surface area contributed by atoms with Crippen LogP contribution in [-0.2, 0) is 22.4 Å². The summed E-state index contributed by atoms with van der Waals surface area (Å²) in [5.74, 6) is -2.62. The van der Waals surface area contributed by atoms with Crippen LogP contribution in [0.25, 0.3) is 0 Å². The number of carboxylic acids is 1. The molecule has 1 heterocycles. The van der Waals surface area contributed by atoms with Crippen molar-refractivity contribution in [2.75, 3.05) is 0 Å². The zero-order chi connectivity index (χ0) is 20.5. The van der Waals surface area contributed by atoms with Gasteiger partial charge in [0.15, 0.2) is 0 Å². The molecule has 0 aromatic carbocycles. The molecule has 6 nitrogen and oxygen atoms in total. The maximum absolute atomic E-state index is 12.6. The van der Waals surface area contributed by atoms with Crippen LogP contribution in [-0.4, -0.2) is 22.9 Å². The van der Waals surface area contributed by atoms with Crippen molar-refractivity contribution in [3.63, 3.8) is 0 Å². The van der Waals surface area contributed by atoms with E-state index >= 15 is 0 Å². The number of carboxylic acid groups (broad SMARTS) is 1. The minimum absolute atomic E-state index is 0.243. The maximum atomic E-state index is 12.6. The van der Waals surface area contributed by atoms with Crippen LogP contribution in [0.4, 0.5) is 0 Å². The molecule has 0 bridgehead atoms. The van der Waals surface area contributed by atoms with Crippen molar-refractivity contribution in [2.45, 2.75) is 52.9 Å². The van der Waals surface area contributed by atoms with Crippen molar-refractivity contribution >= 4 is 29.1 Å². The Bertz CT molecular complexity index is 806. The van der Waals surface area contributed by atoms with Gasteiger partial charge in [-0.2, -0.15) is 0 Å². The highest BCUT2D eigenvalue weighted by atomic mass is 32.1. The van der Waals surface area contributed by atoms with Gasteiger partial charge in [-0.05, 0) is 49.0 Å². The fourth-order valence-electron chi connectivity index (χ4n) is 4.10. The van der Waals surface area contributed by atoms with Crippen molar-refractivity contribution < 1.29 is 19.5 Å². The molecule has 0 spiro atoms. The standard InChI is InChI=1S/C21H28N2O4S/c1-21(2,3)12-8-9-13-16(11-28-17(13)10-12)19(25)23-22-18(24)14-6-4-5-7-15(14)20(26)27/h4-5,11-12,14-15H,6-10H2,1-3H3,(H,22,24)(H,23,25)(H,26,27)/t12-,14+,15-/m1/s1. The molecule has 0 saturated heterocycles. The number of carbonyl (C=O) groups excluding carboxylic acids is 2. The lowest BCUT2D eigenvalue weighted by Gasteiger charge is -2.34. The van der Waals surface area contributed by atoms with E-state index in [2.05, 4.69) is 31.6 Å². The Balaban J connectivity index is 1.62. The van der Waals surface area contributed by atoms with Crippen molar-refractivity contribution in [3.05, 3.63) is 33.5 Å². The van der Waals surface area contributed by atoms with Crippen molar-refractivity contribution in [2.24, 2.45) is 23.2 Å². The Morgan fingerprint density at radius 2 is 1.79 bits per heavy atom. The third-order valence-electron chi connectivity index (χ3n) is 6.01. The first-order chi connectivity index (χ1) is 13.2. The summed E-state index contributed by atoms with van der Waals surface area (Å²) >= 11 is 1.61. The molecule has 2 aliphatic rings. The summed E-state index contributed by atoms with van der Waals surface area (Å²) in [6, 6.07) is 0. The Morgan fingerprint density at radius 1 is 1.11 bits per heavy atom. The zero-order valence-electron chi connectivity index (χ0n) is 16.6. The smallest absolute Gasteiger partial charge is 0.307 e. The van der Waals surface area contributed by atoms with Gasteiger partial charge in [0, 0.05) is 10.3 Å². The molecule has 3 N–H and O–H groups in total. The molecule has 0 radical (unpaired) electrons. The average molecular weight is 405 g/mol. The quantitative estimate of drug-likeness (QED) is 0.532. The molecule has 0 unspecified atom stereocenters. The molecule has 0 saturated carbocycles. The number of carbonyl (C=O) groups is 3. The number of rotatable bonds is 3. The lowest BCUT2D eigenvalue weighted by Crippen LogP contribution is -2.47. The third-order valence-corrected chi connectivity index (χ3v) is 7.06. The average Bonchev–Trinajstić information content (AvgIpc) is 3.08. The second kappa shape index (κ2) is 8.07. The zero-order valence-corrected chi connectivity index (χ0v) is 17.4. The third kappa shape index (κ3) is 4.29. The first-order valence-corrected chi connectivity index (χ1v) is 10.6. The van der Waals surface area contributed by atoms with Gasteiger partial charge in [-0.1, -0.05) is 32.9 Å². The van der Waals surface area contributed by atoms with Crippen molar-refractivity contribution in [3.8, 4) is 0 Å². The maximum Gasteiger partial charge on any atom is 0.307 e. The SMILES string of the molecule is CC(C)(C)[C@@H]1CCc2c(C(=O)NNC(=O)[C@H]3CC=CC[C@H]3C(=O)O)csc2C1. The van der Waals surface area contributed by atoms with Crippen LogP contribution in [0.1, 0.15) is 60.8 Å². The lowest BCUT2D eigenvalue weighted by atomic mass is 9.72. The number of hydrazine groups is 1. The minimum atomic E-state index is -0.990. The Labute approximate surface area is 169 Å². The minimum Gasteiger partial charge on any atom is -0.481 e. The molecule has 7 heteroatoms. The van der Waals surface area contributed by atoms with Crippen LogP contribution in [0.2, 0.25) is 0 Å². The van der Waals surface area contributed by atoms with Gasteiger partial charge in [-0.25, -0.2) is 0 Å².